The second-order valence-electron chi connectivity index (χ2n) is 9.86. The molecule has 4 nitrogen and oxygen atoms in total. The number of fused-ring (bicyclic) bond motifs is 2. The summed E-state index contributed by atoms with van der Waals surface area (Å²) in [6.45, 7) is 3.97. The van der Waals surface area contributed by atoms with Crippen LogP contribution in [0.2, 0.25) is 0 Å². The monoisotopic (exact) mass is 431 g/mol. The Morgan fingerprint density at radius 3 is 2.56 bits per heavy atom. The lowest BCUT2D eigenvalue weighted by Gasteiger charge is -2.35. The molecule has 32 heavy (non-hydrogen) atoms. The predicted octanol–water partition coefficient (Wildman–Crippen LogP) is 5.16. The molecule has 0 saturated carbocycles. The van der Waals surface area contributed by atoms with Crippen molar-refractivity contribution in [3.63, 3.8) is 0 Å². The molecule has 170 valence electrons. The van der Waals surface area contributed by atoms with E-state index in [1.54, 1.807) is 0 Å². The van der Waals surface area contributed by atoms with Crippen LogP contribution in [0.4, 0.5) is 0 Å². The second kappa shape index (κ2) is 9.29. The number of ether oxygens (including phenoxy) is 1. The summed E-state index contributed by atoms with van der Waals surface area (Å²) in [4.78, 5) is 5.02. The molecule has 1 aliphatic heterocycles. The maximum absolute atomic E-state index is 6.53. The Hall–Kier alpha value is -2.30. The molecule has 2 heterocycles. The Bertz CT molecular complexity index is 1080. The first-order valence-electron chi connectivity index (χ1n) is 12.3. The molecule has 1 fully saturated rings. The van der Waals surface area contributed by atoms with Crippen LogP contribution < -0.4 is 4.74 Å². The van der Waals surface area contributed by atoms with E-state index in [2.05, 4.69) is 78.0 Å². The van der Waals surface area contributed by atoms with Crippen LogP contribution >= 0.6 is 0 Å². The van der Waals surface area contributed by atoms with Gasteiger partial charge in [0.2, 0.25) is 0 Å². The molecule has 0 radical (unpaired) electrons. The summed E-state index contributed by atoms with van der Waals surface area (Å²) >= 11 is 0. The fraction of sp³-hybridized carbons (Fsp3) is 0.500. The number of para-hydroxylation sites is 1. The van der Waals surface area contributed by atoms with E-state index >= 15 is 0 Å². The van der Waals surface area contributed by atoms with E-state index in [1.165, 1.54) is 78.5 Å². The Balaban J connectivity index is 1.40. The van der Waals surface area contributed by atoms with Crippen molar-refractivity contribution in [3.05, 3.63) is 64.8 Å². The summed E-state index contributed by atoms with van der Waals surface area (Å²) < 4.78 is 8.89. The van der Waals surface area contributed by atoms with Crippen LogP contribution in [0.25, 0.3) is 10.9 Å². The molecule has 0 amide bonds. The van der Waals surface area contributed by atoms with Crippen LogP contribution in [0, 0.1) is 0 Å². The maximum atomic E-state index is 6.53. The average molecular weight is 432 g/mol. The molecule has 0 atom stereocenters. The van der Waals surface area contributed by atoms with Crippen molar-refractivity contribution in [1.82, 2.24) is 14.4 Å². The maximum Gasteiger partial charge on any atom is 0.129 e. The summed E-state index contributed by atoms with van der Waals surface area (Å²) in [5, 5.41) is 1.37. The molecular formula is C28H37N3O. The van der Waals surface area contributed by atoms with Crippen LogP contribution in [-0.4, -0.2) is 47.6 Å². The van der Waals surface area contributed by atoms with Gasteiger partial charge in [0.15, 0.2) is 0 Å². The third kappa shape index (κ3) is 4.18. The minimum absolute atomic E-state index is 0.630. The highest BCUT2D eigenvalue weighted by atomic mass is 16.5. The van der Waals surface area contributed by atoms with Gasteiger partial charge in [-0.15, -0.1) is 0 Å². The zero-order valence-electron chi connectivity index (χ0n) is 19.9. The van der Waals surface area contributed by atoms with E-state index in [4.69, 9.17) is 4.74 Å². The topological polar surface area (TPSA) is 20.6 Å². The quantitative estimate of drug-likeness (QED) is 0.538. The van der Waals surface area contributed by atoms with Gasteiger partial charge >= 0.3 is 0 Å². The minimum Gasteiger partial charge on any atom is -0.487 e. The normalized spacial score (nSPS) is 17.8. The molecular weight excluding hydrogens is 394 g/mol. The van der Waals surface area contributed by atoms with E-state index < -0.39 is 0 Å². The largest absolute Gasteiger partial charge is 0.487 e. The molecule has 2 aliphatic rings. The molecule has 1 aliphatic carbocycles. The van der Waals surface area contributed by atoms with E-state index in [1.807, 2.05) is 0 Å². The van der Waals surface area contributed by atoms with Crippen molar-refractivity contribution in [3.8, 4) is 5.75 Å². The SMILES string of the molecule is CN(C)C1CCN(Cc2c(COc3cccc4c3CCCC4)n(C)c3ccccc23)CC1. The fourth-order valence-electron chi connectivity index (χ4n) is 5.73. The van der Waals surface area contributed by atoms with Gasteiger partial charge in [-0.3, -0.25) is 4.90 Å². The first-order chi connectivity index (χ1) is 15.6. The van der Waals surface area contributed by atoms with Gasteiger partial charge in [0, 0.05) is 30.5 Å². The standard InChI is InChI=1S/C28H37N3O/c1-29(2)22-15-17-31(18-16-22)19-25-24-12-6-7-13-26(24)30(3)27(25)20-32-28-14-8-10-21-9-4-5-11-23(21)28/h6-8,10,12-14,22H,4-5,9,11,15-20H2,1-3H3. The van der Waals surface area contributed by atoms with Gasteiger partial charge in [0.1, 0.15) is 12.4 Å². The summed E-state index contributed by atoms with van der Waals surface area (Å²) in [6.07, 6.45) is 7.41. The predicted molar refractivity (Wildman–Crippen MR) is 132 cm³/mol. The van der Waals surface area contributed by atoms with Crippen molar-refractivity contribution in [2.24, 2.45) is 7.05 Å². The van der Waals surface area contributed by atoms with E-state index in [0.29, 0.717) is 12.6 Å². The van der Waals surface area contributed by atoms with E-state index in [-0.39, 0.29) is 0 Å². The summed E-state index contributed by atoms with van der Waals surface area (Å²) in [6, 6.07) is 16.2. The van der Waals surface area contributed by atoms with Crippen LogP contribution in [0.1, 0.15) is 48.1 Å². The molecule has 0 N–H and O–H groups in total. The molecule has 1 saturated heterocycles. The summed E-state index contributed by atoms with van der Waals surface area (Å²) in [7, 11) is 6.62. The van der Waals surface area contributed by atoms with Gasteiger partial charge in [-0.1, -0.05) is 30.3 Å². The second-order valence-corrected chi connectivity index (χ2v) is 9.86. The molecule has 5 rings (SSSR count). The Kier molecular flexibility index (Phi) is 6.25. The van der Waals surface area contributed by atoms with Crippen LogP contribution in [-0.2, 0) is 33.0 Å². The highest BCUT2D eigenvalue weighted by Gasteiger charge is 2.24. The lowest BCUT2D eigenvalue weighted by Crippen LogP contribution is -2.41. The Morgan fingerprint density at radius 2 is 1.75 bits per heavy atom. The molecule has 4 heteroatoms. The zero-order chi connectivity index (χ0) is 22.1. The fourth-order valence-corrected chi connectivity index (χ4v) is 5.73. The van der Waals surface area contributed by atoms with Gasteiger partial charge in [-0.2, -0.15) is 0 Å². The van der Waals surface area contributed by atoms with Gasteiger partial charge in [0.25, 0.3) is 0 Å². The van der Waals surface area contributed by atoms with Crippen molar-refractivity contribution in [1.29, 1.82) is 0 Å². The number of piperidine rings is 1. The van der Waals surface area contributed by atoms with Gasteiger partial charge in [0.05, 0.1) is 5.69 Å². The number of benzene rings is 2. The molecule has 0 bridgehead atoms. The molecule has 0 spiro atoms. The lowest BCUT2D eigenvalue weighted by atomic mass is 9.91. The highest BCUT2D eigenvalue weighted by Crippen LogP contribution is 2.32. The Morgan fingerprint density at radius 1 is 0.969 bits per heavy atom. The smallest absolute Gasteiger partial charge is 0.129 e. The molecule has 3 aromatic rings. The number of aromatic nitrogens is 1. The van der Waals surface area contributed by atoms with Gasteiger partial charge in [-0.25, -0.2) is 0 Å². The number of nitrogens with zero attached hydrogens (tertiary/aromatic N) is 3. The first-order valence-corrected chi connectivity index (χ1v) is 12.3. The van der Waals surface area contributed by atoms with Crippen molar-refractivity contribution in [2.75, 3.05) is 27.2 Å². The molecule has 0 unspecified atom stereocenters. The number of aryl methyl sites for hydroxylation is 2. The minimum atomic E-state index is 0.630. The average Bonchev–Trinajstić information content (AvgIpc) is 3.09. The third-order valence-corrected chi connectivity index (χ3v) is 7.73. The van der Waals surface area contributed by atoms with E-state index in [0.717, 1.165) is 18.7 Å². The summed E-state index contributed by atoms with van der Waals surface area (Å²) in [5.41, 5.74) is 6.98. The Labute approximate surface area is 192 Å². The molecule has 1 aromatic heterocycles. The summed E-state index contributed by atoms with van der Waals surface area (Å²) in [5.74, 6) is 1.09. The molecule has 2 aromatic carbocycles. The van der Waals surface area contributed by atoms with Gasteiger partial charge < -0.3 is 14.2 Å². The number of likely N-dealkylation sites (tertiary alicyclic amines) is 1. The van der Waals surface area contributed by atoms with Crippen molar-refractivity contribution >= 4 is 10.9 Å². The van der Waals surface area contributed by atoms with Crippen LogP contribution in [0.15, 0.2) is 42.5 Å². The van der Waals surface area contributed by atoms with Gasteiger partial charge in [-0.05, 0) is 94.5 Å². The van der Waals surface area contributed by atoms with Crippen molar-refractivity contribution < 1.29 is 4.74 Å². The lowest BCUT2D eigenvalue weighted by molar-refractivity contribution is 0.139. The number of hydrogen-bond acceptors (Lipinski definition) is 3. The number of rotatable bonds is 6. The third-order valence-electron chi connectivity index (χ3n) is 7.73. The highest BCUT2D eigenvalue weighted by molar-refractivity contribution is 5.85. The van der Waals surface area contributed by atoms with Crippen LogP contribution in [0.5, 0.6) is 5.75 Å². The zero-order valence-corrected chi connectivity index (χ0v) is 19.9. The van der Waals surface area contributed by atoms with Crippen LogP contribution in [0.3, 0.4) is 0 Å². The van der Waals surface area contributed by atoms with Crippen molar-refractivity contribution in [2.45, 2.75) is 57.7 Å². The number of hydrogen-bond donors (Lipinski definition) is 0. The first kappa shape index (κ1) is 21.5. The van der Waals surface area contributed by atoms with E-state index in [9.17, 15) is 0 Å².